The molecule has 6 heteroatoms. The van der Waals surface area contributed by atoms with Crippen LogP contribution in [-0.2, 0) is 17.4 Å². The van der Waals surface area contributed by atoms with Crippen LogP contribution in [-0.4, -0.2) is 11.1 Å². The molecule has 2 rings (SSSR count). The highest BCUT2D eigenvalue weighted by Gasteiger charge is 2.33. The highest BCUT2D eigenvalue weighted by Crippen LogP contribution is 2.39. The summed E-state index contributed by atoms with van der Waals surface area (Å²) in [4.78, 5) is 11.4. The molecule has 19 heavy (non-hydrogen) atoms. The highest BCUT2D eigenvalue weighted by molar-refractivity contribution is 7.19. The number of carbonyl (C=O) groups is 1. The predicted octanol–water partition coefficient (Wildman–Crippen LogP) is 4.18. The molecule has 0 aliphatic heterocycles. The summed E-state index contributed by atoms with van der Waals surface area (Å²) in [5.41, 5.74) is -0.663. The molecule has 2 aromatic rings. The van der Waals surface area contributed by atoms with Crippen molar-refractivity contribution < 1.29 is 23.1 Å². The van der Waals surface area contributed by atoms with Gasteiger partial charge in [-0.1, -0.05) is 19.1 Å². The molecular formula is C13H11F3O2S. The van der Waals surface area contributed by atoms with E-state index >= 15 is 0 Å². The second-order valence-electron chi connectivity index (χ2n) is 4.38. The highest BCUT2D eigenvalue weighted by atomic mass is 32.1. The van der Waals surface area contributed by atoms with E-state index in [1.54, 1.807) is 12.1 Å². The summed E-state index contributed by atoms with van der Waals surface area (Å²) in [5.74, 6) is -1.56. The van der Waals surface area contributed by atoms with Gasteiger partial charge in [-0.2, -0.15) is 13.2 Å². The van der Waals surface area contributed by atoms with Gasteiger partial charge in [-0.3, -0.25) is 4.79 Å². The number of thiophene rings is 1. The number of rotatable bonds is 3. The van der Waals surface area contributed by atoms with Crippen LogP contribution in [0.2, 0.25) is 0 Å². The lowest BCUT2D eigenvalue weighted by Gasteiger charge is -2.06. The van der Waals surface area contributed by atoms with E-state index in [2.05, 4.69) is 0 Å². The van der Waals surface area contributed by atoms with Crippen LogP contribution >= 0.6 is 11.3 Å². The summed E-state index contributed by atoms with van der Waals surface area (Å²) in [6.45, 7) is 1.54. The summed E-state index contributed by atoms with van der Waals surface area (Å²) < 4.78 is 38.7. The number of hydrogen-bond acceptors (Lipinski definition) is 2. The normalized spacial score (nSPS) is 13.7. The number of hydrogen-bond donors (Lipinski definition) is 1. The average Bonchev–Trinajstić information content (AvgIpc) is 2.68. The molecular weight excluding hydrogens is 277 g/mol. The molecule has 102 valence electrons. The number of benzene rings is 1. The average molecular weight is 288 g/mol. The van der Waals surface area contributed by atoms with E-state index < -0.39 is 23.6 Å². The van der Waals surface area contributed by atoms with Gasteiger partial charge in [0, 0.05) is 9.58 Å². The topological polar surface area (TPSA) is 37.3 Å². The van der Waals surface area contributed by atoms with Crippen LogP contribution in [0.5, 0.6) is 0 Å². The van der Waals surface area contributed by atoms with Crippen LogP contribution in [0.25, 0.3) is 10.1 Å². The van der Waals surface area contributed by atoms with Crippen molar-refractivity contribution in [2.24, 2.45) is 5.92 Å². The van der Waals surface area contributed by atoms with E-state index in [9.17, 15) is 18.0 Å². The zero-order chi connectivity index (χ0) is 14.2. The molecule has 1 N–H and O–H groups in total. The molecule has 0 spiro atoms. The minimum Gasteiger partial charge on any atom is -0.481 e. The Kier molecular flexibility index (Phi) is 3.54. The van der Waals surface area contributed by atoms with Crippen molar-refractivity contribution in [3.05, 3.63) is 34.7 Å². The molecule has 1 unspecified atom stereocenters. The van der Waals surface area contributed by atoms with Gasteiger partial charge in [0.05, 0.1) is 11.5 Å². The first kappa shape index (κ1) is 13.9. The zero-order valence-electron chi connectivity index (χ0n) is 9.99. The molecule has 1 atom stereocenters. The maximum absolute atomic E-state index is 12.8. The minimum atomic E-state index is -4.39. The van der Waals surface area contributed by atoms with Gasteiger partial charge in [0.15, 0.2) is 0 Å². The van der Waals surface area contributed by atoms with Gasteiger partial charge in [0.2, 0.25) is 0 Å². The van der Waals surface area contributed by atoms with Crippen molar-refractivity contribution in [1.82, 2.24) is 0 Å². The third kappa shape index (κ3) is 2.89. The second kappa shape index (κ2) is 4.85. The fraction of sp³-hybridized carbons (Fsp3) is 0.308. The molecule has 0 saturated heterocycles. The molecule has 0 amide bonds. The first-order valence-corrected chi connectivity index (χ1v) is 6.42. The van der Waals surface area contributed by atoms with Gasteiger partial charge >= 0.3 is 12.1 Å². The number of carboxylic acids is 1. The van der Waals surface area contributed by atoms with Crippen LogP contribution in [0.4, 0.5) is 13.2 Å². The molecule has 2 nitrogen and oxygen atoms in total. The van der Waals surface area contributed by atoms with Gasteiger partial charge in [0.25, 0.3) is 0 Å². The largest absolute Gasteiger partial charge is 0.481 e. The van der Waals surface area contributed by atoms with Crippen LogP contribution in [0.1, 0.15) is 17.4 Å². The van der Waals surface area contributed by atoms with Crippen molar-refractivity contribution in [3.8, 4) is 0 Å². The van der Waals surface area contributed by atoms with E-state index in [4.69, 9.17) is 5.11 Å². The molecule has 1 aromatic heterocycles. The Balaban J connectivity index is 2.43. The quantitative estimate of drug-likeness (QED) is 0.919. The van der Waals surface area contributed by atoms with Gasteiger partial charge < -0.3 is 5.11 Å². The van der Waals surface area contributed by atoms with Gasteiger partial charge in [-0.05, 0) is 23.9 Å². The summed E-state index contributed by atoms with van der Waals surface area (Å²) in [7, 11) is 0. The van der Waals surface area contributed by atoms with Crippen LogP contribution in [0.3, 0.4) is 0 Å². The van der Waals surface area contributed by atoms with Crippen LogP contribution in [0.15, 0.2) is 24.3 Å². The molecule has 1 aromatic carbocycles. The number of alkyl halides is 3. The van der Waals surface area contributed by atoms with E-state index in [1.807, 2.05) is 0 Å². The number of fused-ring (bicyclic) bond motifs is 1. The third-order valence-electron chi connectivity index (χ3n) is 2.83. The van der Waals surface area contributed by atoms with Crippen LogP contribution < -0.4 is 0 Å². The summed E-state index contributed by atoms with van der Waals surface area (Å²) in [6, 6.07) is 5.65. The standard InChI is InChI=1S/C13H11F3O2S/c1-7(12(17)18)5-9-6-8-3-2-4-10(11(8)19-9)13(14,15)16/h2-4,6-7H,5H2,1H3,(H,17,18). The fourth-order valence-electron chi connectivity index (χ4n) is 1.83. The number of halogens is 3. The maximum atomic E-state index is 12.8. The fourth-order valence-corrected chi connectivity index (χ4v) is 3.15. The molecule has 0 saturated carbocycles. The lowest BCUT2D eigenvalue weighted by atomic mass is 10.1. The molecule has 0 aliphatic carbocycles. The first-order chi connectivity index (χ1) is 8.79. The van der Waals surface area contributed by atoms with E-state index in [0.29, 0.717) is 10.3 Å². The van der Waals surface area contributed by atoms with E-state index in [0.717, 1.165) is 17.4 Å². The molecule has 0 radical (unpaired) electrons. The SMILES string of the molecule is CC(Cc1cc2cccc(C(F)(F)F)c2s1)C(=O)O. The lowest BCUT2D eigenvalue weighted by Crippen LogP contribution is -2.11. The van der Waals surface area contributed by atoms with Crippen molar-refractivity contribution in [3.63, 3.8) is 0 Å². The number of aliphatic carboxylic acids is 1. The summed E-state index contributed by atoms with van der Waals surface area (Å²) in [5, 5.41) is 9.33. The van der Waals surface area contributed by atoms with Crippen molar-refractivity contribution in [1.29, 1.82) is 0 Å². The minimum absolute atomic E-state index is 0.169. The summed E-state index contributed by atoms with van der Waals surface area (Å²) >= 11 is 1.01. The van der Waals surface area contributed by atoms with Gasteiger partial charge in [-0.15, -0.1) is 11.3 Å². The van der Waals surface area contributed by atoms with E-state index in [-0.39, 0.29) is 11.1 Å². The lowest BCUT2D eigenvalue weighted by molar-refractivity contribution is -0.141. The first-order valence-electron chi connectivity index (χ1n) is 5.60. The maximum Gasteiger partial charge on any atom is 0.417 e. The Morgan fingerprint density at radius 2 is 2.11 bits per heavy atom. The number of carboxylic acid groups (broad SMARTS) is 1. The second-order valence-corrected chi connectivity index (χ2v) is 5.51. The van der Waals surface area contributed by atoms with Crippen molar-refractivity contribution in [2.75, 3.05) is 0 Å². The smallest absolute Gasteiger partial charge is 0.417 e. The van der Waals surface area contributed by atoms with Crippen molar-refractivity contribution in [2.45, 2.75) is 19.5 Å². The molecule has 0 aliphatic rings. The Morgan fingerprint density at radius 3 is 2.68 bits per heavy atom. The van der Waals surface area contributed by atoms with Gasteiger partial charge in [-0.25, -0.2) is 0 Å². The Labute approximate surface area is 111 Å². The molecule has 1 heterocycles. The third-order valence-corrected chi connectivity index (χ3v) is 4.04. The Morgan fingerprint density at radius 1 is 1.42 bits per heavy atom. The zero-order valence-corrected chi connectivity index (χ0v) is 10.8. The predicted molar refractivity (Wildman–Crippen MR) is 67.3 cm³/mol. The monoisotopic (exact) mass is 288 g/mol. The van der Waals surface area contributed by atoms with Crippen LogP contribution in [0, 0.1) is 5.92 Å². The summed E-state index contributed by atoms with van der Waals surface area (Å²) in [6.07, 6.45) is -4.15. The van der Waals surface area contributed by atoms with E-state index in [1.165, 1.54) is 13.0 Å². The Hall–Kier alpha value is -1.56. The molecule has 0 fully saturated rings. The Bertz CT molecular complexity index is 616. The molecule has 0 bridgehead atoms. The van der Waals surface area contributed by atoms with Gasteiger partial charge in [0.1, 0.15) is 0 Å². The van der Waals surface area contributed by atoms with Crippen molar-refractivity contribution >= 4 is 27.4 Å².